The van der Waals surface area contributed by atoms with E-state index in [2.05, 4.69) is 31.7 Å². The van der Waals surface area contributed by atoms with Gasteiger partial charge in [0, 0.05) is 45.2 Å². The van der Waals surface area contributed by atoms with Gasteiger partial charge in [0.1, 0.15) is 5.82 Å². The van der Waals surface area contributed by atoms with Gasteiger partial charge in [-0.25, -0.2) is 0 Å². The molecule has 0 saturated carbocycles. The predicted molar refractivity (Wildman–Crippen MR) is 87.4 cm³/mol. The fourth-order valence-electron chi connectivity index (χ4n) is 3.76. The van der Waals surface area contributed by atoms with Gasteiger partial charge in [0.25, 0.3) is 0 Å². The van der Waals surface area contributed by atoms with Crippen LogP contribution < -0.4 is 4.90 Å². The molecule has 0 amide bonds. The summed E-state index contributed by atoms with van der Waals surface area (Å²) < 4.78 is 7.65. The average Bonchev–Trinajstić information content (AvgIpc) is 3.14. The summed E-state index contributed by atoms with van der Waals surface area (Å²) >= 11 is 0. The van der Waals surface area contributed by atoms with Crippen molar-refractivity contribution in [3.05, 3.63) is 35.9 Å². The van der Waals surface area contributed by atoms with Gasteiger partial charge in [0.2, 0.25) is 5.95 Å². The molecule has 122 valence electrons. The maximum Gasteiger partial charge on any atom is 0.226 e. The SMILES string of the molecule is Cn1c(Cc2ccccn2)nnc1N1CCC2(CCOCC2)C1. The molecule has 0 aliphatic carbocycles. The molecular formula is C17H23N5O. The molecule has 23 heavy (non-hydrogen) atoms. The minimum absolute atomic E-state index is 0.422. The summed E-state index contributed by atoms with van der Waals surface area (Å²) in [4.78, 5) is 6.77. The van der Waals surface area contributed by atoms with E-state index < -0.39 is 0 Å². The Morgan fingerprint density at radius 2 is 2.04 bits per heavy atom. The topological polar surface area (TPSA) is 56.1 Å². The van der Waals surface area contributed by atoms with Crippen LogP contribution >= 0.6 is 0 Å². The van der Waals surface area contributed by atoms with Gasteiger partial charge >= 0.3 is 0 Å². The highest BCUT2D eigenvalue weighted by molar-refractivity contribution is 5.34. The summed E-state index contributed by atoms with van der Waals surface area (Å²) in [6, 6.07) is 5.97. The number of pyridine rings is 1. The fraction of sp³-hybridized carbons (Fsp3) is 0.588. The lowest BCUT2D eigenvalue weighted by Crippen LogP contribution is -2.33. The Hall–Kier alpha value is -1.95. The van der Waals surface area contributed by atoms with Gasteiger partial charge in [0.05, 0.1) is 6.42 Å². The lowest BCUT2D eigenvalue weighted by molar-refractivity contribution is 0.0254. The molecule has 2 aromatic heterocycles. The Morgan fingerprint density at radius 3 is 2.83 bits per heavy atom. The lowest BCUT2D eigenvalue weighted by Gasteiger charge is -2.33. The molecular weight excluding hydrogens is 290 g/mol. The lowest BCUT2D eigenvalue weighted by atomic mass is 9.80. The van der Waals surface area contributed by atoms with Crippen LogP contribution in [0.1, 0.15) is 30.8 Å². The van der Waals surface area contributed by atoms with E-state index in [9.17, 15) is 0 Å². The van der Waals surface area contributed by atoms with Crippen molar-refractivity contribution in [3.63, 3.8) is 0 Å². The molecule has 0 unspecified atom stereocenters. The highest BCUT2D eigenvalue weighted by Gasteiger charge is 2.40. The van der Waals surface area contributed by atoms with Crippen LogP contribution in [0.4, 0.5) is 5.95 Å². The quantitative estimate of drug-likeness (QED) is 0.865. The van der Waals surface area contributed by atoms with Crippen molar-refractivity contribution in [2.45, 2.75) is 25.7 Å². The van der Waals surface area contributed by atoms with Gasteiger partial charge in [-0.1, -0.05) is 6.07 Å². The first-order valence-electron chi connectivity index (χ1n) is 8.37. The molecule has 2 fully saturated rings. The number of nitrogens with zero attached hydrogens (tertiary/aromatic N) is 5. The number of anilines is 1. The molecule has 2 aromatic rings. The molecule has 0 bridgehead atoms. The molecule has 0 atom stereocenters. The second-order valence-electron chi connectivity index (χ2n) is 6.76. The highest BCUT2D eigenvalue weighted by Crippen LogP contribution is 2.40. The van der Waals surface area contributed by atoms with E-state index in [-0.39, 0.29) is 0 Å². The standard InChI is InChI=1S/C17H23N5O/c1-21-15(12-14-4-2-3-8-18-14)19-20-16(21)22-9-5-17(13-22)6-10-23-11-7-17/h2-4,8H,5-7,9-13H2,1H3. The van der Waals surface area contributed by atoms with Crippen molar-refractivity contribution in [1.82, 2.24) is 19.7 Å². The van der Waals surface area contributed by atoms with Crippen LogP contribution in [0.25, 0.3) is 0 Å². The average molecular weight is 313 g/mol. The number of hydrogen-bond acceptors (Lipinski definition) is 5. The Balaban J connectivity index is 1.50. The van der Waals surface area contributed by atoms with Crippen LogP contribution in [0.15, 0.2) is 24.4 Å². The van der Waals surface area contributed by atoms with E-state index in [1.807, 2.05) is 24.4 Å². The Bertz CT molecular complexity index is 663. The largest absolute Gasteiger partial charge is 0.381 e. The summed E-state index contributed by atoms with van der Waals surface area (Å²) in [6.45, 7) is 3.94. The zero-order chi connectivity index (χ0) is 15.7. The summed E-state index contributed by atoms with van der Waals surface area (Å²) in [5.41, 5.74) is 1.45. The van der Waals surface area contributed by atoms with Crippen molar-refractivity contribution in [1.29, 1.82) is 0 Å². The van der Waals surface area contributed by atoms with E-state index in [4.69, 9.17) is 4.74 Å². The second-order valence-corrected chi connectivity index (χ2v) is 6.76. The summed E-state index contributed by atoms with van der Waals surface area (Å²) in [5, 5.41) is 8.85. The molecule has 0 N–H and O–H groups in total. The van der Waals surface area contributed by atoms with Crippen LogP contribution in [-0.4, -0.2) is 46.1 Å². The van der Waals surface area contributed by atoms with E-state index in [0.717, 1.165) is 50.2 Å². The number of hydrogen-bond donors (Lipinski definition) is 0. The zero-order valence-corrected chi connectivity index (χ0v) is 13.6. The van der Waals surface area contributed by atoms with E-state index in [0.29, 0.717) is 5.41 Å². The van der Waals surface area contributed by atoms with Crippen molar-refractivity contribution in [3.8, 4) is 0 Å². The normalized spacial score (nSPS) is 20.3. The van der Waals surface area contributed by atoms with Crippen LogP contribution in [0.3, 0.4) is 0 Å². The van der Waals surface area contributed by atoms with Gasteiger partial charge in [0.15, 0.2) is 0 Å². The van der Waals surface area contributed by atoms with Crippen LogP contribution in [0, 0.1) is 5.41 Å². The van der Waals surface area contributed by atoms with E-state index in [1.54, 1.807) is 0 Å². The number of rotatable bonds is 3. The first kappa shape index (κ1) is 14.6. The van der Waals surface area contributed by atoms with Crippen molar-refractivity contribution >= 4 is 5.95 Å². The summed E-state index contributed by atoms with van der Waals surface area (Å²) in [5.74, 6) is 1.95. The first-order chi connectivity index (χ1) is 11.3. The van der Waals surface area contributed by atoms with E-state index in [1.165, 1.54) is 19.3 Å². The monoisotopic (exact) mass is 313 g/mol. The maximum atomic E-state index is 5.53. The van der Waals surface area contributed by atoms with Gasteiger partial charge in [-0.05, 0) is 36.8 Å². The van der Waals surface area contributed by atoms with Gasteiger partial charge in [-0.15, -0.1) is 10.2 Å². The van der Waals surface area contributed by atoms with Crippen molar-refractivity contribution < 1.29 is 4.74 Å². The van der Waals surface area contributed by atoms with E-state index >= 15 is 0 Å². The molecule has 4 heterocycles. The minimum atomic E-state index is 0.422. The van der Waals surface area contributed by atoms with Gasteiger partial charge in [-0.3, -0.25) is 4.98 Å². The van der Waals surface area contributed by atoms with Crippen LogP contribution in [0.2, 0.25) is 0 Å². The molecule has 4 rings (SSSR count). The zero-order valence-electron chi connectivity index (χ0n) is 13.6. The Morgan fingerprint density at radius 1 is 1.17 bits per heavy atom. The third kappa shape index (κ3) is 2.83. The molecule has 2 aliphatic rings. The number of aromatic nitrogens is 4. The maximum absolute atomic E-state index is 5.53. The first-order valence-corrected chi connectivity index (χ1v) is 8.37. The smallest absolute Gasteiger partial charge is 0.226 e. The second kappa shape index (κ2) is 5.92. The van der Waals surface area contributed by atoms with Gasteiger partial charge < -0.3 is 14.2 Å². The molecule has 2 saturated heterocycles. The molecule has 2 aliphatic heterocycles. The van der Waals surface area contributed by atoms with Gasteiger partial charge in [-0.2, -0.15) is 0 Å². The molecule has 1 spiro atoms. The van der Waals surface area contributed by atoms with Crippen molar-refractivity contribution in [2.24, 2.45) is 12.5 Å². The molecule has 6 heteroatoms. The molecule has 0 radical (unpaired) electrons. The summed E-state index contributed by atoms with van der Waals surface area (Å²) in [7, 11) is 2.06. The minimum Gasteiger partial charge on any atom is -0.381 e. The Kier molecular flexibility index (Phi) is 3.77. The van der Waals surface area contributed by atoms with Crippen LogP contribution in [-0.2, 0) is 18.2 Å². The number of ether oxygens (including phenoxy) is 1. The summed E-state index contributed by atoms with van der Waals surface area (Å²) in [6.07, 6.45) is 6.11. The van der Waals surface area contributed by atoms with Crippen molar-refractivity contribution in [2.75, 3.05) is 31.2 Å². The molecule has 6 nitrogen and oxygen atoms in total. The third-order valence-corrected chi connectivity index (χ3v) is 5.28. The molecule has 0 aromatic carbocycles. The fourth-order valence-corrected chi connectivity index (χ4v) is 3.76. The third-order valence-electron chi connectivity index (χ3n) is 5.28. The Labute approximate surface area is 136 Å². The highest BCUT2D eigenvalue weighted by atomic mass is 16.5. The van der Waals surface area contributed by atoms with Crippen LogP contribution in [0.5, 0.6) is 0 Å². The predicted octanol–water partition coefficient (Wildman–Crippen LogP) is 1.81.